The van der Waals surface area contributed by atoms with Crippen molar-refractivity contribution < 1.29 is 4.79 Å². The SMILES string of the molecule is CC1(C)CCC[C@H]1Nc1c(C(N)=O)cnn2cc(Br)cc12. The first kappa shape index (κ1) is 14.4. The summed E-state index contributed by atoms with van der Waals surface area (Å²) >= 11 is 3.45. The number of fused-ring (bicyclic) bond motifs is 1. The number of nitrogens with one attached hydrogen (secondary N) is 1. The van der Waals surface area contributed by atoms with Gasteiger partial charge in [-0.05, 0) is 40.3 Å². The van der Waals surface area contributed by atoms with Crippen LogP contribution in [0.4, 0.5) is 5.69 Å². The lowest BCUT2D eigenvalue weighted by Crippen LogP contribution is -2.32. The van der Waals surface area contributed by atoms with Crippen LogP contribution in [0.5, 0.6) is 0 Å². The van der Waals surface area contributed by atoms with Gasteiger partial charge in [-0.3, -0.25) is 4.79 Å². The number of hydrogen-bond acceptors (Lipinski definition) is 3. The van der Waals surface area contributed by atoms with Gasteiger partial charge in [0.05, 0.1) is 23.0 Å². The third kappa shape index (κ3) is 2.52. The van der Waals surface area contributed by atoms with Gasteiger partial charge in [-0.1, -0.05) is 20.3 Å². The summed E-state index contributed by atoms with van der Waals surface area (Å²) in [5.74, 6) is -0.458. The van der Waals surface area contributed by atoms with Gasteiger partial charge < -0.3 is 11.1 Å². The van der Waals surface area contributed by atoms with E-state index in [-0.39, 0.29) is 5.41 Å². The van der Waals surface area contributed by atoms with E-state index in [1.165, 1.54) is 19.0 Å². The van der Waals surface area contributed by atoms with Gasteiger partial charge in [0.15, 0.2) is 0 Å². The molecule has 3 N–H and O–H groups in total. The van der Waals surface area contributed by atoms with Crippen molar-refractivity contribution in [1.29, 1.82) is 0 Å². The summed E-state index contributed by atoms with van der Waals surface area (Å²) in [5, 5.41) is 7.80. The molecule has 0 unspecified atom stereocenters. The largest absolute Gasteiger partial charge is 0.379 e. The van der Waals surface area contributed by atoms with Gasteiger partial charge in [0.2, 0.25) is 0 Å². The molecule has 2 aromatic heterocycles. The molecule has 0 bridgehead atoms. The van der Waals surface area contributed by atoms with Gasteiger partial charge in [-0.2, -0.15) is 5.10 Å². The highest BCUT2D eigenvalue weighted by molar-refractivity contribution is 9.10. The summed E-state index contributed by atoms with van der Waals surface area (Å²) in [6.45, 7) is 4.52. The molecule has 2 aromatic rings. The van der Waals surface area contributed by atoms with Gasteiger partial charge in [-0.15, -0.1) is 0 Å². The molecule has 1 saturated carbocycles. The van der Waals surface area contributed by atoms with E-state index in [2.05, 4.69) is 40.2 Å². The lowest BCUT2D eigenvalue weighted by atomic mass is 9.87. The number of carbonyl (C=O) groups excluding carboxylic acids is 1. The minimum atomic E-state index is -0.458. The molecule has 21 heavy (non-hydrogen) atoms. The Balaban J connectivity index is 2.10. The fourth-order valence-corrected chi connectivity index (χ4v) is 3.54. The second kappa shape index (κ2) is 5.02. The van der Waals surface area contributed by atoms with Crippen LogP contribution in [-0.2, 0) is 0 Å². The summed E-state index contributed by atoms with van der Waals surface area (Å²) in [5.41, 5.74) is 7.80. The molecular weight excluding hydrogens is 332 g/mol. The Labute approximate surface area is 132 Å². The normalized spacial score (nSPS) is 20.8. The molecule has 1 atom stereocenters. The van der Waals surface area contributed by atoms with Gasteiger partial charge in [-0.25, -0.2) is 4.52 Å². The molecule has 0 aromatic carbocycles. The Morgan fingerprint density at radius 1 is 1.57 bits per heavy atom. The standard InChI is InChI=1S/C15H19BrN4O/c1-15(2)5-3-4-12(15)19-13-10(14(17)21)7-18-20-8-9(16)6-11(13)20/h6-8,12,19H,3-5H2,1-2H3,(H2,17,21)/t12-/m1/s1. The van der Waals surface area contributed by atoms with Crippen LogP contribution in [0.3, 0.4) is 0 Å². The van der Waals surface area contributed by atoms with E-state index in [9.17, 15) is 4.79 Å². The highest BCUT2D eigenvalue weighted by Gasteiger charge is 2.35. The number of aromatic nitrogens is 2. The Morgan fingerprint density at radius 3 is 2.95 bits per heavy atom. The van der Waals surface area contributed by atoms with Crippen LogP contribution in [0.15, 0.2) is 22.9 Å². The first-order chi connectivity index (χ1) is 9.88. The van der Waals surface area contributed by atoms with Crippen LogP contribution in [-0.4, -0.2) is 21.6 Å². The van der Waals surface area contributed by atoms with E-state index in [0.717, 1.165) is 22.1 Å². The first-order valence-electron chi connectivity index (χ1n) is 7.12. The number of primary amides is 1. The van der Waals surface area contributed by atoms with Crippen molar-refractivity contribution in [3.63, 3.8) is 0 Å². The van der Waals surface area contributed by atoms with Crippen LogP contribution < -0.4 is 11.1 Å². The van der Waals surface area contributed by atoms with Crippen molar-refractivity contribution in [2.75, 3.05) is 5.32 Å². The lowest BCUT2D eigenvalue weighted by molar-refractivity contribution is 0.100. The predicted octanol–water partition coefficient (Wildman–Crippen LogP) is 3.19. The molecule has 1 amide bonds. The average molecular weight is 351 g/mol. The van der Waals surface area contributed by atoms with Crippen molar-refractivity contribution in [3.05, 3.63) is 28.5 Å². The van der Waals surface area contributed by atoms with Crippen molar-refractivity contribution in [2.24, 2.45) is 11.1 Å². The predicted molar refractivity (Wildman–Crippen MR) is 86.5 cm³/mol. The molecule has 0 radical (unpaired) electrons. The third-order valence-corrected chi connectivity index (χ3v) is 4.88. The maximum atomic E-state index is 11.7. The number of rotatable bonds is 3. The highest BCUT2D eigenvalue weighted by Crippen LogP contribution is 2.40. The van der Waals surface area contributed by atoms with E-state index in [1.54, 1.807) is 4.52 Å². The molecule has 1 aliphatic carbocycles. The van der Waals surface area contributed by atoms with Gasteiger partial charge in [0.25, 0.3) is 5.91 Å². The summed E-state index contributed by atoms with van der Waals surface area (Å²) in [6.07, 6.45) is 6.88. The van der Waals surface area contributed by atoms with E-state index in [4.69, 9.17) is 5.73 Å². The van der Waals surface area contributed by atoms with Crippen LogP contribution in [0.2, 0.25) is 0 Å². The third-order valence-electron chi connectivity index (χ3n) is 4.45. The maximum absolute atomic E-state index is 11.7. The number of amides is 1. The zero-order valence-electron chi connectivity index (χ0n) is 12.2. The quantitative estimate of drug-likeness (QED) is 0.892. The van der Waals surface area contributed by atoms with Crippen molar-refractivity contribution in [3.8, 4) is 0 Å². The fourth-order valence-electron chi connectivity index (χ4n) is 3.13. The topological polar surface area (TPSA) is 72.4 Å². The Bertz CT molecular complexity index is 707. The number of hydrogen-bond donors (Lipinski definition) is 2. The number of carbonyl (C=O) groups is 1. The van der Waals surface area contributed by atoms with Crippen molar-refractivity contribution in [2.45, 2.75) is 39.2 Å². The van der Waals surface area contributed by atoms with Gasteiger partial charge in [0, 0.05) is 16.7 Å². The molecule has 1 aliphatic rings. The molecule has 3 rings (SSSR count). The molecule has 0 spiro atoms. The summed E-state index contributed by atoms with van der Waals surface area (Å²) < 4.78 is 2.67. The van der Waals surface area contributed by atoms with Crippen LogP contribution in [0.25, 0.3) is 5.52 Å². The second-order valence-corrected chi connectivity index (χ2v) is 7.28. The molecule has 112 valence electrons. The number of nitrogens with zero attached hydrogens (tertiary/aromatic N) is 2. The first-order valence-corrected chi connectivity index (χ1v) is 7.91. The van der Waals surface area contributed by atoms with Crippen LogP contribution >= 0.6 is 15.9 Å². The Kier molecular flexibility index (Phi) is 3.43. The molecular formula is C15H19BrN4O. The Morgan fingerprint density at radius 2 is 2.33 bits per heavy atom. The summed E-state index contributed by atoms with van der Waals surface area (Å²) in [7, 11) is 0. The van der Waals surface area contributed by atoms with Gasteiger partial charge >= 0.3 is 0 Å². The minimum absolute atomic E-state index is 0.207. The Hall–Kier alpha value is -1.56. The fraction of sp³-hybridized carbons (Fsp3) is 0.467. The monoisotopic (exact) mass is 350 g/mol. The number of nitrogens with two attached hydrogens (primary N) is 1. The molecule has 1 fully saturated rings. The van der Waals surface area contributed by atoms with E-state index in [0.29, 0.717) is 11.6 Å². The number of anilines is 1. The molecule has 2 heterocycles. The van der Waals surface area contributed by atoms with E-state index in [1.807, 2.05) is 12.3 Å². The van der Waals surface area contributed by atoms with Gasteiger partial charge in [0.1, 0.15) is 0 Å². The van der Waals surface area contributed by atoms with Crippen LogP contribution in [0, 0.1) is 5.41 Å². The summed E-state index contributed by atoms with van der Waals surface area (Å²) in [6, 6.07) is 2.28. The molecule has 0 saturated heterocycles. The molecule has 6 heteroatoms. The van der Waals surface area contributed by atoms with Crippen LogP contribution in [0.1, 0.15) is 43.5 Å². The molecule has 0 aliphatic heterocycles. The lowest BCUT2D eigenvalue weighted by Gasteiger charge is -2.29. The zero-order chi connectivity index (χ0) is 15.2. The average Bonchev–Trinajstić information content (AvgIpc) is 2.92. The summed E-state index contributed by atoms with van der Waals surface area (Å²) in [4.78, 5) is 11.7. The van der Waals surface area contributed by atoms with Crippen molar-refractivity contribution >= 4 is 33.0 Å². The zero-order valence-corrected chi connectivity index (χ0v) is 13.8. The van der Waals surface area contributed by atoms with Crippen molar-refractivity contribution in [1.82, 2.24) is 9.61 Å². The molecule has 5 nitrogen and oxygen atoms in total. The second-order valence-electron chi connectivity index (χ2n) is 6.36. The van der Waals surface area contributed by atoms with E-state index >= 15 is 0 Å². The number of halogens is 1. The smallest absolute Gasteiger partial charge is 0.252 e. The highest BCUT2D eigenvalue weighted by atomic mass is 79.9. The minimum Gasteiger partial charge on any atom is -0.379 e. The maximum Gasteiger partial charge on any atom is 0.252 e. The van der Waals surface area contributed by atoms with E-state index < -0.39 is 5.91 Å².